The van der Waals surface area contributed by atoms with Crippen LogP contribution in [0.3, 0.4) is 0 Å². The maximum absolute atomic E-state index is 11.9. The smallest absolute Gasteiger partial charge is 0.244 e. The predicted molar refractivity (Wildman–Crippen MR) is 112 cm³/mol. The highest BCUT2D eigenvalue weighted by Crippen LogP contribution is 2.16. The third-order valence-electron chi connectivity index (χ3n) is 3.61. The van der Waals surface area contributed by atoms with Gasteiger partial charge in [-0.25, -0.2) is 0 Å². The molecule has 0 saturated carbocycles. The Hall–Kier alpha value is -2.56. The second-order valence-electron chi connectivity index (χ2n) is 5.86. The van der Waals surface area contributed by atoms with Crippen LogP contribution in [-0.4, -0.2) is 24.4 Å². The fourth-order valence-electron chi connectivity index (χ4n) is 2.21. The zero-order chi connectivity index (χ0) is 19.6. The molecule has 140 valence electrons. The first-order valence-corrected chi connectivity index (χ1v) is 9.15. The summed E-state index contributed by atoms with van der Waals surface area (Å²) >= 11 is 12.1. The first kappa shape index (κ1) is 20.7. The van der Waals surface area contributed by atoms with Crippen LogP contribution in [0.2, 0.25) is 10.0 Å². The number of carbonyl (C=O) groups is 2. The van der Waals surface area contributed by atoms with Crippen molar-refractivity contribution in [2.45, 2.75) is 13.0 Å². The number of benzene rings is 2. The summed E-state index contributed by atoms with van der Waals surface area (Å²) in [7, 11) is 0. The second-order valence-corrected chi connectivity index (χ2v) is 6.68. The Morgan fingerprint density at radius 1 is 0.889 bits per heavy atom. The van der Waals surface area contributed by atoms with Crippen LogP contribution in [0.4, 0.5) is 0 Å². The molecule has 0 aliphatic carbocycles. The summed E-state index contributed by atoms with van der Waals surface area (Å²) in [6.07, 6.45) is 6.12. The highest BCUT2D eigenvalue weighted by Gasteiger charge is 2.06. The van der Waals surface area contributed by atoms with Gasteiger partial charge in [-0.05, 0) is 42.3 Å². The molecule has 0 bridgehead atoms. The molecule has 2 amide bonds. The van der Waals surface area contributed by atoms with Crippen molar-refractivity contribution in [1.29, 1.82) is 0 Å². The van der Waals surface area contributed by atoms with Crippen molar-refractivity contribution in [3.8, 4) is 0 Å². The van der Waals surface area contributed by atoms with E-state index in [1.54, 1.807) is 31.2 Å². The lowest BCUT2D eigenvalue weighted by Crippen LogP contribution is -2.40. The molecule has 0 aromatic heterocycles. The second kappa shape index (κ2) is 10.6. The molecule has 0 spiro atoms. The molecule has 0 saturated heterocycles. The van der Waals surface area contributed by atoms with Crippen LogP contribution in [0.5, 0.6) is 0 Å². The van der Waals surface area contributed by atoms with E-state index >= 15 is 0 Å². The molecule has 2 N–H and O–H groups in total. The Kier molecular flexibility index (Phi) is 8.11. The summed E-state index contributed by atoms with van der Waals surface area (Å²) in [5, 5.41) is 6.66. The summed E-state index contributed by atoms with van der Waals surface area (Å²) in [5.74, 6) is -0.522. The molecule has 27 heavy (non-hydrogen) atoms. The van der Waals surface area contributed by atoms with E-state index in [9.17, 15) is 9.59 Å². The lowest BCUT2D eigenvalue weighted by atomic mass is 10.2. The molecular formula is C21H20Cl2N2O2. The van der Waals surface area contributed by atoms with Crippen molar-refractivity contribution >= 4 is 47.2 Å². The van der Waals surface area contributed by atoms with Crippen molar-refractivity contribution < 1.29 is 9.59 Å². The third-order valence-corrected chi connectivity index (χ3v) is 4.30. The lowest BCUT2D eigenvalue weighted by molar-refractivity contribution is -0.118. The quantitative estimate of drug-likeness (QED) is 0.676. The van der Waals surface area contributed by atoms with Gasteiger partial charge in [-0.3, -0.25) is 9.59 Å². The minimum absolute atomic E-state index is 0.231. The van der Waals surface area contributed by atoms with E-state index in [2.05, 4.69) is 10.6 Å². The van der Waals surface area contributed by atoms with E-state index < -0.39 is 0 Å². The third kappa shape index (κ3) is 7.29. The first-order valence-electron chi connectivity index (χ1n) is 8.39. The van der Waals surface area contributed by atoms with Gasteiger partial charge < -0.3 is 10.6 Å². The van der Waals surface area contributed by atoms with E-state index in [-0.39, 0.29) is 17.9 Å². The summed E-state index contributed by atoms with van der Waals surface area (Å²) in [6.45, 7) is 2.11. The summed E-state index contributed by atoms with van der Waals surface area (Å²) in [6, 6.07) is 14.3. The van der Waals surface area contributed by atoms with Gasteiger partial charge in [-0.1, -0.05) is 59.6 Å². The Balaban J connectivity index is 1.77. The minimum Gasteiger partial charge on any atom is -0.351 e. The average molecular weight is 403 g/mol. The number of hydrogen-bond acceptors (Lipinski definition) is 2. The van der Waals surface area contributed by atoms with E-state index in [0.717, 1.165) is 11.1 Å². The molecule has 2 rings (SSSR count). The van der Waals surface area contributed by atoms with Crippen LogP contribution < -0.4 is 10.6 Å². The normalized spacial score (nSPS) is 12.3. The van der Waals surface area contributed by atoms with Crippen LogP contribution in [0.15, 0.2) is 60.7 Å². The van der Waals surface area contributed by atoms with Crippen molar-refractivity contribution in [3.05, 3.63) is 81.9 Å². The fourth-order valence-corrected chi connectivity index (χ4v) is 2.60. The topological polar surface area (TPSA) is 58.2 Å². The molecule has 1 unspecified atom stereocenters. The zero-order valence-corrected chi connectivity index (χ0v) is 16.3. The molecule has 0 fully saturated rings. The SMILES string of the molecule is CC(CNC(=O)C=Cc1ccccc1Cl)NC(=O)C=Cc1ccccc1Cl. The summed E-state index contributed by atoms with van der Waals surface area (Å²) in [5.41, 5.74) is 1.53. The van der Waals surface area contributed by atoms with Crippen LogP contribution in [-0.2, 0) is 9.59 Å². The number of halogens is 2. The van der Waals surface area contributed by atoms with E-state index in [0.29, 0.717) is 16.6 Å². The van der Waals surface area contributed by atoms with Crippen LogP contribution in [0.1, 0.15) is 18.1 Å². The number of carbonyl (C=O) groups excluding carboxylic acids is 2. The summed E-state index contributed by atoms with van der Waals surface area (Å²) in [4.78, 5) is 23.8. The molecular weight excluding hydrogens is 383 g/mol. The molecule has 1 atom stereocenters. The minimum atomic E-state index is -0.261. The maximum atomic E-state index is 11.9. The van der Waals surface area contributed by atoms with E-state index in [4.69, 9.17) is 23.2 Å². The molecule has 2 aromatic carbocycles. The molecule has 0 aliphatic heterocycles. The van der Waals surface area contributed by atoms with Gasteiger partial charge in [0.15, 0.2) is 0 Å². The van der Waals surface area contributed by atoms with Gasteiger partial charge in [0.05, 0.1) is 0 Å². The van der Waals surface area contributed by atoms with Crippen molar-refractivity contribution in [2.75, 3.05) is 6.54 Å². The van der Waals surface area contributed by atoms with Gasteiger partial charge in [-0.15, -0.1) is 0 Å². The van der Waals surface area contributed by atoms with Gasteiger partial charge in [0.1, 0.15) is 0 Å². The Labute approximate surface area is 168 Å². The largest absolute Gasteiger partial charge is 0.351 e. The number of rotatable bonds is 7. The Morgan fingerprint density at radius 3 is 1.89 bits per heavy atom. The standard InChI is InChI=1S/C21H20Cl2N2O2/c1-15(25-21(27)13-11-17-7-3-5-9-19(17)23)14-24-20(26)12-10-16-6-2-4-8-18(16)22/h2-13,15H,14H2,1H3,(H,24,26)(H,25,27). The fraction of sp³-hybridized carbons (Fsp3) is 0.143. The monoisotopic (exact) mass is 402 g/mol. The molecule has 0 radical (unpaired) electrons. The molecule has 6 heteroatoms. The van der Waals surface area contributed by atoms with Crippen molar-refractivity contribution in [3.63, 3.8) is 0 Å². The van der Waals surface area contributed by atoms with Gasteiger partial charge in [0, 0.05) is 34.8 Å². The van der Waals surface area contributed by atoms with E-state index in [1.807, 2.05) is 36.4 Å². The van der Waals surface area contributed by atoms with Gasteiger partial charge in [0.25, 0.3) is 0 Å². The molecule has 0 heterocycles. The maximum Gasteiger partial charge on any atom is 0.244 e. The average Bonchev–Trinajstić information content (AvgIpc) is 2.65. The Bertz CT molecular complexity index is 863. The zero-order valence-electron chi connectivity index (χ0n) is 14.8. The van der Waals surface area contributed by atoms with Crippen molar-refractivity contribution in [1.82, 2.24) is 10.6 Å². The van der Waals surface area contributed by atoms with Crippen molar-refractivity contribution in [2.24, 2.45) is 0 Å². The van der Waals surface area contributed by atoms with Crippen LogP contribution in [0.25, 0.3) is 12.2 Å². The number of amides is 2. The number of hydrogen-bond donors (Lipinski definition) is 2. The first-order chi connectivity index (χ1) is 13.0. The number of nitrogens with one attached hydrogen (secondary N) is 2. The molecule has 0 aliphatic rings. The van der Waals surface area contributed by atoms with Gasteiger partial charge >= 0.3 is 0 Å². The highest BCUT2D eigenvalue weighted by atomic mass is 35.5. The highest BCUT2D eigenvalue weighted by molar-refractivity contribution is 6.32. The van der Waals surface area contributed by atoms with Crippen LogP contribution in [0, 0.1) is 0 Å². The predicted octanol–water partition coefficient (Wildman–Crippen LogP) is 4.34. The van der Waals surface area contributed by atoms with Gasteiger partial charge in [0.2, 0.25) is 11.8 Å². The Morgan fingerprint density at radius 2 is 1.37 bits per heavy atom. The van der Waals surface area contributed by atoms with Gasteiger partial charge in [-0.2, -0.15) is 0 Å². The summed E-state index contributed by atoms with van der Waals surface area (Å²) < 4.78 is 0. The molecule has 4 nitrogen and oxygen atoms in total. The lowest BCUT2D eigenvalue weighted by Gasteiger charge is -2.12. The van der Waals surface area contributed by atoms with E-state index in [1.165, 1.54) is 12.2 Å². The van der Waals surface area contributed by atoms with Crippen LogP contribution >= 0.6 is 23.2 Å². The molecule has 2 aromatic rings.